The van der Waals surface area contributed by atoms with E-state index in [1.807, 2.05) is 48.9 Å². The van der Waals surface area contributed by atoms with Gasteiger partial charge in [0.2, 0.25) is 11.9 Å². The molecule has 0 unspecified atom stereocenters. The molecule has 2 aromatic rings. The molecule has 0 saturated carbocycles. The molecule has 3 rings (SSSR count). The number of nitrogens with zero attached hydrogens (tertiary/aromatic N) is 3. The highest BCUT2D eigenvalue weighted by Gasteiger charge is 2.32. The van der Waals surface area contributed by atoms with Crippen molar-refractivity contribution in [2.45, 2.75) is 45.3 Å². The minimum Gasteiger partial charge on any atom is -0.480 e. The Morgan fingerprint density at radius 1 is 1.16 bits per heavy atom. The molecular formula is C21H29N5O4S. The van der Waals surface area contributed by atoms with Crippen molar-refractivity contribution < 1.29 is 19.5 Å². The largest absolute Gasteiger partial charge is 0.480 e. The lowest BCUT2D eigenvalue weighted by Gasteiger charge is -2.24. The number of imidazole rings is 1. The molecule has 2 heterocycles. The van der Waals surface area contributed by atoms with Crippen LogP contribution in [0.2, 0.25) is 0 Å². The summed E-state index contributed by atoms with van der Waals surface area (Å²) in [6.45, 7) is 4.98. The monoisotopic (exact) mass is 447 g/mol. The maximum absolute atomic E-state index is 13.0. The smallest absolute Gasteiger partial charge is 0.326 e. The molecule has 10 heteroatoms. The number of carbonyl (C=O) groups is 3. The Morgan fingerprint density at radius 2 is 1.90 bits per heavy atom. The Labute approximate surface area is 185 Å². The van der Waals surface area contributed by atoms with Crippen molar-refractivity contribution in [3.8, 4) is 0 Å². The molecule has 1 aliphatic heterocycles. The third-order valence-electron chi connectivity index (χ3n) is 5.21. The van der Waals surface area contributed by atoms with Crippen molar-refractivity contribution in [1.29, 1.82) is 0 Å². The van der Waals surface area contributed by atoms with E-state index in [1.165, 1.54) is 16.7 Å². The normalized spacial score (nSPS) is 15.0. The number of rotatable bonds is 9. The van der Waals surface area contributed by atoms with Gasteiger partial charge in [-0.3, -0.25) is 9.69 Å². The maximum atomic E-state index is 13.0. The molecule has 9 nitrogen and oxygen atoms in total. The number of hydrogen-bond donors (Lipinski definition) is 3. The summed E-state index contributed by atoms with van der Waals surface area (Å²) in [5, 5.41) is 14.8. The number of anilines is 1. The lowest BCUT2D eigenvalue weighted by atomic mass is 10.0. The molecule has 168 valence electrons. The van der Waals surface area contributed by atoms with Gasteiger partial charge in [-0.15, -0.1) is 0 Å². The van der Waals surface area contributed by atoms with E-state index in [9.17, 15) is 19.5 Å². The number of amides is 3. The molecule has 0 aliphatic carbocycles. The van der Waals surface area contributed by atoms with Crippen LogP contribution in [0.1, 0.15) is 26.7 Å². The summed E-state index contributed by atoms with van der Waals surface area (Å²) < 4.78 is 1.98. The molecule has 2 atom stereocenters. The first kappa shape index (κ1) is 22.9. The quantitative estimate of drug-likeness (QED) is 0.543. The highest BCUT2D eigenvalue weighted by Crippen LogP contribution is 2.27. The number of carbonyl (C=O) groups excluding carboxylic acids is 2. The first-order chi connectivity index (χ1) is 14.8. The second-order valence-electron chi connectivity index (χ2n) is 8.02. The molecule has 3 N–H and O–H groups in total. The molecule has 1 aliphatic rings. The molecule has 3 amide bonds. The van der Waals surface area contributed by atoms with E-state index in [0.717, 1.165) is 11.0 Å². The van der Waals surface area contributed by atoms with Gasteiger partial charge in [0.1, 0.15) is 12.1 Å². The van der Waals surface area contributed by atoms with E-state index in [4.69, 9.17) is 0 Å². The van der Waals surface area contributed by atoms with Crippen molar-refractivity contribution in [3.63, 3.8) is 0 Å². The lowest BCUT2D eigenvalue weighted by molar-refractivity contribution is -0.142. The van der Waals surface area contributed by atoms with Crippen LogP contribution in [0.15, 0.2) is 24.3 Å². The SMILES string of the molecule is CSCC[C@H](NC(=O)[C@H](CC(C)C)NC(=O)N1CCn2c1nc1ccccc12)C(=O)O. The van der Waals surface area contributed by atoms with Crippen LogP contribution in [0.3, 0.4) is 0 Å². The third kappa shape index (κ3) is 5.30. The fourth-order valence-corrected chi connectivity index (χ4v) is 4.15. The predicted molar refractivity (Wildman–Crippen MR) is 121 cm³/mol. The van der Waals surface area contributed by atoms with Crippen molar-refractivity contribution in [2.24, 2.45) is 5.92 Å². The molecule has 1 aromatic heterocycles. The summed E-state index contributed by atoms with van der Waals surface area (Å²) in [6.07, 6.45) is 2.60. The average molecular weight is 448 g/mol. The summed E-state index contributed by atoms with van der Waals surface area (Å²) in [5.74, 6) is -0.268. The van der Waals surface area contributed by atoms with Gasteiger partial charge >= 0.3 is 12.0 Å². The first-order valence-corrected chi connectivity index (χ1v) is 11.8. The first-order valence-electron chi connectivity index (χ1n) is 10.4. The molecular weight excluding hydrogens is 418 g/mol. The van der Waals surface area contributed by atoms with E-state index >= 15 is 0 Å². The van der Waals surface area contributed by atoms with Gasteiger partial charge in [-0.1, -0.05) is 26.0 Å². The van der Waals surface area contributed by atoms with E-state index in [0.29, 0.717) is 37.6 Å². The Bertz CT molecular complexity index is 960. The molecule has 0 saturated heterocycles. The van der Waals surface area contributed by atoms with Crippen LogP contribution in [-0.2, 0) is 16.1 Å². The zero-order valence-electron chi connectivity index (χ0n) is 18.0. The molecule has 0 bridgehead atoms. The number of para-hydroxylation sites is 2. The molecule has 0 radical (unpaired) electrons. The van der Waals surface area contributed by atoms with Crippen molar-refractivity contribution in [1.82, 2.24) is 20.2 Å². The standard InChI is InChI=1S/C21H29N5O4S/c1-13(2)12-16(18(27)22-15(19(28)29)8-11-31-3)24-21(30)26-10-9-25-17-7-5-4-6-14(17)23-20(25)26/h4-7,13,15-16H,8-12H2,1-3H3,(H,22,27)(H,24,30)(H,28,29)/t15-,16-/m0/s1. The number of benzene rings is 1. The number of nitrogens with one attached hydrogen (secondary N) is 2. The second kappa shape index (κ2) is 10.0. The fourth-order valence-electron chi connectivity index (χ4n) is 3.68. The van der Waals surface area contributed by atoms with Gasteiger partial charge in [0.25, 0.3) is 0 Å². The second-order valence-corrected chi connectivity index (χ2v) is 9.00. The Morgan fingerprint density at radius 3 is 2.58 bits per heavy atom. The van der Waals surface area contributed by atoms with E-state index in [-0.39, 0.29) is 5.92 Å². The van der Waals surface area contributed by atoms with Crippen LogP contribution in [0.5, 0.6) is 0 Å². The highest BCUT2D eigenvalue weighted by atomic mass is 32.2. The Hall–Kier alpha value is -2.75. The topological polar surface area (TPSA) is 117 Å². The molecule has 31 heavy (non-hydrogen) atoms. The minimum absolute atomic E-state index is 0.133. The summed E-state index contributed by atoms with van der Waals surface area (Å²) >= 11 is 1.52. The van der Waals surface area contributed by atoms with Gasteiger partial charge in [-0.05, 0) is 42.9 Å². The number of carboxylic acids is 1. The maximum Gasteiger partial charge on any atom is 0.326 e. The van der Waals surface area contributed by atoms with Gasteiger partial charge in [0.15, 0.2) is 0 Å². The van der Waals surface area contributed by atoms with Crippen LogP contribution >= 0.6 is 11.8 Å². The van der Waals surface area contributed by atoms with Gasteiger partial charge < -0.3 is 20.3 Å². The number of aromatic nitrogens is 2. The van der Waals surface area contributed by atoms with Gasteiger partial charge in [-0.25, -0.2) is 14.6 Å². The Kier molecular flexibility index (Phi) is 7.42. The third-order valence-corrected chi connectivity index (χ3v) is 5.86. The van der Waals surface area contributed by atoms with E-state index < -0.39 is 30.0 Å². The zero-order chi connectivity index (χ0) is 22.5. The van der Waals surface area contributed by atoms with Crippen LogP contribution < -0.4 is 15.5 Å². The van der Waals surface area contributed by atoms with E-state index in [2.05, 4.69) is 15.6 Å². The number of thioether (sulfide) groups is 1. The van der Waals surface area contributed by atoms with Crippen molar-refractivity contribution in [3.05, 3.63) is 24.3 Å². The number of carboxylic acid groups (broad SMARTS) is 1. The van der Waals surface area contributed by atoms with Crippen LogP contribution in [0.4, 0.5) is 10.7 Å². The van der Waals surface area contributed by atoms with Gasteiger partial charge in [0, 0.05) is 13.1 Å². The number of fused-ring (bicyclic) bond motifs is 3. The number of urea groups is 1. The molecule has 0 spiro atoms. The lowest BCUT2D eigenvalue weighted by Crippen LogP contribution is -2.54. The van der Waals surface area contributed by atoms with Crippen LogP contribution in [0.25, 0.3) is 11.0 Å². The highest BCUT2D eigenvalue weighted by molar-refractivity contribution is 7.98. The minimum atomic E-state index is -1.08. The summed E-state index contributed by atoms with van der Waals surface area (Å²) in [6, 6.07) is 5.46. The van der Waals surface area contributed by atoms with Gasteiger partial charge in [0.05, 0.1) is 11.0 Å². The fraction of sp³-hybridized carbons (Fsp3) is 0.524. The summed E-state index contributed by atoms with van der Waals surface area (Å²) in [5.41, 5.74) is 1.77. The Balaban J connectivity index is 1.73. The van der Waals surface area contributed by atoms with Gasteiger partial charge in [-0.2, -0.15) is 11.8 Å². The number of aliphatic carboxylic acids is 1. The number of hydrogen-bond acceptors (Lipinski definition) is 5. The van der Waals surface area contributed by atoms with Crippen LogP contribution in [0, 0.1) is 5.92 Å². The summed E-state index contributed by atoms with van der Waals surface area (Å²) in [4.78, 5) is 43.5. The van der Waals surface area contributed by atoms with Crippen molar-refractivity contribution >= 4 is 46.7 Å². The molecule has 0 fully saturated rings. The predicted octanol–water partition coefficient (Wildman–Crippen LogP) is 2.30. The van der Waals surface area contributed by atoms with Crippen LogP contribution in [-0.4, -0.2) is 63.2 Å². The average Bonchev–Trinajstić information content (AvgIpc) is 3.29. The van der Waals surface area contributed by atoms with E-state index in [1.54, 1.807) is 0 Å². The molecule has 1 aromatic carbocycles. The van der Waals surface area contributed by atoms with Crippen molar-refractivity contribution in [2.75, 3.05) is 23.5 Å². The zero-order valence-corrected chi connectivity index (χ0v) is 18.8. The summed E-state index contributed by atoms with van der Waals surface area (Å²) in [7, 11) is 0.